The third-order valence-electron chi connectivity index (χ3n) is 6.97. The van der Waals surface area contributed by atoms with Crippen molar-refractivity contribution in [2.75, 3.05) is 13.7 Å². The largest absolute Gasteiger partial charge is 0.497 e. The predicted molar refractivity (Wildman–Crippen MR) is 130 cm³/mol. The van der Waals surface area contributed by atoms with Gasteiger partial charge in [-0.15, -0.1) is 0 Å². The zero-order chi connectivity index (χ0) is 22.2. The molecule has 1 unspecified atom stereocenters. The summed E-state index contributed by atoms with van der Waals surface area (Å²) in [5, 5.41) is 1.15. The Balaban J connectivity index is 1.66. The summed E-state index contributed by atoms with van der Waals surface area (Å²) in [6, 6.07) is 15.3. The fourth-order valence-electron chi connectivity index (χ4n) is 5.13. The molecule has 0 radical (unpaired) electrons. The van der Waals surface area contributed by atoms with Crippen molar-refractivity contribution in [3.8, 4) is 17.0 Å². The molecule has 1 saturated heterocycles. The molecule has 1 aromatic carbocycles. The molecule has 5 nitrogen and oxygen atoms in total. The van der Waals surface area contributed by atoms with Gasteiger partial charge in [0.2, 0.25) is 0 Å². The molecule has 5 heteroatoms. The first kappa shape index (κ1) is 21.0. The lowest BCUT2D eigenvalue weighted by Crippen LogP contribution is -2.38. The summed E-state index contributed by atoms with van der Waals surface area (Å²) in [6.07, 6.45) is 5.13. The Morgan fingerprint density at radius 1 is 1.00 bits per heavy atom. The van der Waals surface area contributed by atoms with Crippen LogP contribution in [0.5, 0.6) is 5.75 Å². The number of rotatable bonds is 5. The monoisotopic (exact) mass is 428 g/mol. The van der Waals surface area contributed by atoms with E-state index in [1.54, 1.807) is 7.11 Å². The van der Waals surface area contributed by atoms with E-state index >= 15 is 0 Å². The van der Waals surface area contributed by atoms with Crippen molar-refractivity contribution in [2.24, 2.45) is 0 Å². The normalized spacial score (nSPS) is 17.3. The number of imidazole rings is 1. The van der Waals surface area contributed by atoms with Gasteiger partial charge in [0.05, 0.1) is 24.2 Å². The first-order valence-corrected chi connectivity index (χ1v) is 11.8. The minimum absolute atomic E-state index is 0.660. The second kappa shape index (κ2) is 8.55. The number of piperidine rings is 1. The van der Waals surface area contributed by atoms with Gasteiger partial charge in [0, 0.05) is 23.5 Å². The van der Waals surface area contributed by atoms with Crippen molar-refractivity contribution in [1.29, 1.82) is 0 Å². The molecule has 0 bridgehead atoms. The fourth-order valence-corrected chi connectivity index (χ4v) is 5.13. The second-order valence-electron chi connectivity index (χ2n) is 9.00. The van der Waals surface area contributed by atoms with E-state index in [0.29, 0.717) is 6.04 Å². The third kappa shape index (κ3) is 3.65. The number of pyridine rings is 2. The molecule has 0 N–H and O–H groups in total. The zero-order valence-electron chi connectivity index (χ0n) is 19.6. The Bertz CT molecular complexity index is 1260. The van der Waals surface area contributed by atoms with E-state index < -0.39 is 0 Å². The molecule has 5 rings (SSSR count). The second-order valence-corrected chi connectivity index (χ2v) is 9.00. The Morgan fingerprint density at radius 3 is 2.56 bits per heavy atom. The van der Waals surface area contributed by atoms with Crippen LogP contribution in [0.3, 0.4) is 0 Å². The minimum Gasteiger partial charge on any atom is -0.497 e. The lowest BCUT2D eigenvalue weighted by atomic mass is 10.00. The number of benzene rings is 1. The van der Waals surface area contributed by atoms with Gasteiger partial charge in [0.1, 0.15) is 17.0 Å². The maximum atomic E-state index is 5.32. The van der Waals surface area contributed by atoms with E-state index in [1.807, 2.05) is 12.1 Å². The van der Waals surface area contributed by atoms with Crippen molar-refractivity contribution in [2.45, 2.75) is 59.0 Å². The molecule has 0 amide bonds. The summed E-state index contributed by atoms with van der Waals surface area (Å²) < 4.78 is 7.63. The molecule has 0 saturated carbocycles. The summed E-state index contributed by atoms with van der Waals surface area (Å²) in [5.74, 6) is 0.854. The van der Waals surface area contributed by atoms with E-state index in [-0.39, 0.29) is 0 Å². The Labute approximate surface area is 190 Å². The van der Waals surface area contributed by atoms with Gasteiger partial charge in [-0.25, -0.2) is 9.97 Å². The van der Waals surface area contributed by atoms with Gasteiger partial charge in [-0.3, -0.25) is 9.30 Å². The van der Waals surface area contributed by atoms with Crippen LogP contribution in [0.25, 0.3) is 27.9 Å². The molecular formula is C27H32N4O. The Hall–Kier alpha value is -2.92. The lowest BCUT2D eigenvalue weighted by Gasteiger charge is -2.35. The number of likely N-dealkylation sites (tertiary alicyclic amines) is 1. The fraction of sp³-hybridized carbons (Fsp3) is 0.407. The van der Waals surface area contributed by atoms with Crippen molar-refractivity contribution in [3.05, 3.63) is 59.4 Å². The van der Waals surface area contributed by atoms with Crippen LogP contribution in [0.15, 0.2) is 42.5 Å². The number of aromatic nitrogens is 3. The van der Waals surface area contributed by atoms with Crippen LogP contribution in [0.1, 0.15) is 49.6 Å². The molecule has 0 spiro atoms. The molecular weight excluding hydrogens is 396 g/mol. The summed E-state index contributed by atoms with van der Waals surface area (Å²) in [6.45, 7) is 8.70. The molecule has 3 aromatic heterocycles. The van der Waals surface area contributed by atoms with Crippen molar-refractivity contribution >= 4 is 16.7 Å². The molecule has 4 aromatic rings. The zero-order valence-corrected chi connectivity index (χ0v) is 19.6. The SMILES string of the molecule is CCC1CCCCN1Cc1c(C)nc2c(C)cc3ccc(-c4ccc(OC)cc4)nc3n12. The molecule has 1 fully saturated rings. The van der Waals surface area contributed by atoms with Crippen molar-refractivity contribution < 1.29 is 4.74 Å². The number of nitrogens with zero attached hydrogens (tertiary/aromatic N) is 4. The van der Waals surface area contributed by atoms with Crippen LogP contribution in [0, 0.1) is 13.8 Å². The smallest absolute Gasteiger partial charge is 0.146 e. The topological polar surface area (TPSA) is 42.7 Å². The van der Waals surface area contributed by atoms with Crippen LogP contribution < -0.4 is 4.74 Å². The average Bonchev–Trinajstić information content (AvgIpc) is 3.16. The lowest BCUT2D eigenvalue weighted by molar-refractivity contribution is 0.134. The highest BCUT2D eigenvalue weighted by atomic mass is 16.5. The number of hydrogen-bond donors (Lipinski definition) is 0. The summed E-state index contributed by atoms with van der Waals surface area (Å²) >= 11 is 0. The first-order valence-electron chi connectivity index (χ1n) is 11.8. The van der Waals surface area contributed by atoms with Gasteiger partial charge in [-0.1, -0.05) is 13.3 Å². The maximum Gasteiger partial charge on any atom is 0.146 e. The summed E-state index contributed by atoms with van der Waals surface area (Å²) in [4.78, 5) is 12.8. The third-order valence-corrected chi connectivity index (χ3v) is 6.97. The molecule has 4 heterocycles. The maximum absolute atomic E-state index is 5.32. The predicted octanol–water partition coefficient (Wildman–Crippen LogP) is 5.94. The van der Waals surface area contributed by atoms with E-state index in [4.69, 9.17) is 14.7 Å². The first-order chi connectivity index (χ1) is 15.6. The van der Waals surface area contributed by atoms with E-state index in [0.717, 1.165) is 45.9 Å². The van der Waals surface area contributed by atoms with Crippen molar-refractivity contribution in [1.82, 2.24) is 19.3 Å². The summed E-state index contributed by atoms with van der Waals surface area (Å²) in [5.41, 5.74) is 7.63. The number of fused-ring (bicyclic) bond motifs is 3. The molecule has 1 aliphatic rings. The van der Waals surface area contributed by atoms with Gasteiger partial charge in [0.25, 0.3) is 0 Å². The Kier molecular flexibility index (Phi) is 5.60. The van der Waals surface area contributed by atoms with Gasteiger partial charge in [0.15, 0.2) is 0 Å². The van der Waals surface area contributed by atoms with E-state index in [1.165, 1.54) is 43.5 Å². The molecule has 1 aliphatic heterocycles. The van der Waals surface area contributed by atoms with E-state index in [2.05, 4.69) is 60.4 Å². The van der Waals surface area contributed by atoms with Crippen LogP contribution in [-0.2, 0) is 6.54 Å². The van der Waals surface area contributed by atoms with Crippen LogP contribution in [0.2, 0.25) is 0 Å². The van der Waals surface area contributed by atoms with Crippen LogP contribution >= 0.6 is 0 Å². The average molecular weight is 429 g/mol. The quantitative estimate of drug-likeness (QED) is 0.395. The van der Waals surface area contributed by atoms with Crippen LogP contribution in [-0.4, -0.2) is 39.0 Å². The number of ether oxygens (including phenoxy) is 1. The standard InChI is InChI=1S/C27H32N4O/c1-5-22-8-6-7-15-30(22)17-25-19(3)28-26-18(2)16-21-11-14-24(29-27(21)31(25)26)20-9-12-23(32-4)13-10-20/h9-14,16,22H,5-8,15,17H2,1-4H3. The molecule has 32 heavy (non-hydrogen) atoms. The number of methoxy groups -OCH3 is 1. The number of aryl methyl sites for hydroxylation is 2. The van der Waals surface area contributed by atoms with Gasteiger partial charge in [-0.05, 0) is 87.7 Å². The number of hydrogen-bond acceptors (Lipinski definition) is 4. The minimum atomic E-state index is 0.660. The van der Waals surface area contributed by atoms with Gasteiger partial charge in [-0.2, -0.15) is 0 Å². The molecule has 1 atom stereocenters. The van der Waals surface area contributed by atoms with Crippen molar-refractivity contribution in [3.63, 3.8) is 0 Å². The highest BCUT2D eigenvalue weighted by Crippen LogP contribution is 2.29. The Morgan fingerprint density at radius 2 is 1.81 bits per heavy atom. The van der Waals surface area contributed by atoms with Gasteiger partial charge >= 0.3 is 0 Å². The molecule has 0 aliphatic carbocycles. The molecule has 166 valence electrons. The van der Waals surface area contributed by atoms with Crippen LogP contribution in [0.4, 0.5) is 0 Å². The van der Waals surface area contributed by atoms with Gasteiger partial charge < -0.3 is 4.74 Å². The van der Waals surface area contributed by atoms with E-state index in [9.17, 15) is 0 Å². The highest BCUT2D eigenvalue weighted by Gasteiger charge is 2.24. The highest BCUT2D eigenvalue weighted by molar-refractivity contribution is 5.83. The summed E-state index contributed by atoms with van der Waals surface area (Å²) in [7, 11) is 1.69.